The molecule has 0 radical (unpaired) electrons. The molecule has 5 nitrogen and oxygen atoms in total. The molecule has 0 aromatic rings. The highest BCUT2D eigenvalue weighted by Crippen LogP contribution is 2.47. The van der Waals surface area contributed by atoms with E-state index in [1.807, 2.05) is 0 Å². The van der Waals surface area contributed by atoms with Crippen LogP contribution in [0.25, 0.3) is 0 Å². The van der Waals surface area contributed by atoms with E-state index >= 15 is 0 Å². The minimum atomic E-state index is -6.32. The summed E-state index contributed by atoms with van der Waals surface area (Å²) in [5.74, 6) is -11.0. The third kappa shape index (κ3) is 4.40. The SMILES string of the molecule is CCC(C)OC(=O)C(O[Si](C)(C)C)(C(=O)O)C(F)(F)C(F)(F)F. The van der Waals surface area contributed by atoms with Crippen molar-refractivity contribution in [1.29, 1.82) is 0 Å². The first-order chi connectivity index (χ1) is 10.0. The van der Waals surface area contributed by atoms with Crippen molar-refractivity contribution in [3.63, 3.8) is 0 Å². The number of alkyl halides is 5. The molecular weight excluding hydrogens is 347 g/mol. The Kier molecular flexibility index (Phi) is 6.35. The van der Waals surface area contributed by atoms with Crippen LogP contribution in [0.4, 0.5) is 22.0 Å². The number of aliphatic carboxylic acids is 1. The molecule has 0 saturated heterocycles. The number of ether oxygens (including phenoxy) is 1. The Morgan fingerprint density at radius 2 is 1.57 bits per heavy atom. The minimum Gasteiger partial charge on any atom is -0.479 e. The van der Waals surface area contributed by atoms with Crippen LogP contribution in [0.1, 0.15) is 20.3 Å². The van der Waals surface area contributed by atoms with Gasteiger partial charge in [0.15, 0.2) is 8.32 Å². The van der Waals surface area contributed by atoms with Gasteiger partial charge in [-0.25, -0.2) is 9.59 Å². The van der Waals surface area contributed by atoms with Gasteiger partial charge in [-0.2, -0.15) is 22.0 Å². The molecular formula is C12H19F5O5Si. The zero-order valence-electron chi connectivity index (χ0n) is 13.3. The quantitative estimate of drug-likeness (QED) is 0.324. The Bertz CT molecular complexity index is 460. The van der Waals surface area contributed by atoms with Crippen molar-refractivity contribution >= 4 is 20.3 Å². The average molecular weight is 366 g/mol. The van der Waals surface area contributed by atoms with Crippen LogP contribution in [-0.2, 0) is 18.8 Å². The molecule has 0 aliphatic rings. The second-order valence-corrected chi connectivity index (χ2v) is 10.3. The molecule has 0 rings (SSSR count). The first kappa shape index (κ1) is 21.8. The summed E-state index contributed by atoms with van der Waals surface area (Å²) >= 11 is 0. The highest BCUT2D eigenvalue weighted by atomic mass is 28.4. The largest absolute Gasteiger partial charge is 0.479 e. The Labute approximate surface area is 130 Å². The van der Waals surface area contributed by atoms with E-state index in [9.17, 15) is 31.5 Å². The van der Waals surface area contributed by atoms with Gasteiger partial charge in [-0.3, -0.25) is 0 Å². The molecule has 0 aliphatic carbocycles. The van der Waals surface area contributed by atoms with Gasteiger partial charge in [-0.1, -0.05) is 6.92 Å². The summed E-state index contributed by atoms with van der Waals surface area (Å²) in [5.41, 5.74) is -4.49. The lowest BCUT2D eigenvalue weighted by molar-refractivity contribution is -0.329. The highest BCUT2D eigenvalue weighted by molar-refractivity contribution is 6.70. The smallest absolute Gasteiger partial charge is 0.457 e. The molecule has 1 N–H and O–H groups in total. The van der Waals surface area contributed by atoms with E-state index in [0.29, 0.717) is 0 Å². The molecule has 0 aliphatic heterocycles. The Balaban J connectivity index is 6.33. The van der Waals surface area contributed by atoms with Crippen LogP contribution in [-0.4, -0.2) is 49.2 Å². The average Bonchev–Trinajstić information content (AvgIpc) is 2.32. The predicted octanol–water partition coefficient (Wildman–Crippen LogP) is 3.20. The van der Waals surface area contributed by atoms with Crippen LogP contribution < -0.4 is 0 Å². The van der Waals surface area contributed by atoms with Crippen molar-refractivity contribution in [2.45, 2.75) is 63.7 Å². The van der Waals surface area contributed by atoms with Crippen LogP contribution in [0.2, 0.25) is 19.6 Å². The summed E-state index contributed by atoms with van der Waals surface area (Å²) in [7, 11) is -3.33. The zero-order chi connectivity index (χ0) is 18.9. The van der Waals surface area contributed by atoms with E-state index in [2.05, 4.69) is 9.16 Å². The maximum atomic E-state index is 13.9. The van der Waals surface area contributed by atoms with Gasteiger partial charge in [0, 0.05) is 0 Å². The number of hydrogen-bond acceptors (Lipinski definition) is 4. The highest BCUT2D eigenvalue weighted by Gasteiger charge is 2.80. The van der Waals surface area contributed by atoms with E-state index < -0.39 is 44.1 Å². The number of carboxylic acids is 1. The van der Waals surface area contributed by atoms with Gasteiger partial charge < -0.3 is 14.3 Å². The topological polar surface area (TPSA) is 72.8 Å². The lowest BCUT2D eigenvalue weighted by Crippen LogP contribution is -2.70. The first-order valence-corrected chi connectivity index (χ1v) is 10.0. The van der Waals surface area contributed by atoms with Crippen molar-refractivity contribution in [2.24, 2.45) is 0 Å². The molecule has 23 heavy (non-hydrogen) atoms. The van der Waals surface area contributed by atoms with Gasteiger partial charge in [0.05, 0.1) is 6.10 Å². The first-order valence-electron chi connectivity index (χ1n) is 6.62. The van der Waals surface area contributed by atoms with Gasteiger partial charge in [-0.05, 0) is 33.0 Å². The van der Waals surface area contributed by atoms with Gasteiger partial charge in [0.2, 0.25) is 0 Å². The van der Waals surface area contributed by atoms with Crippen LogP contribution in [0, 0.1) is 0 Å². The van der Waals surface area contributed by atoms with Gasteiger partial charge in [0.1, 0.15) is 0 Å². The molecule has 11 heteroatoms. The van der Waals surface area contributed by atoms with Crippen molar-refractivity contribution in [3.8, 4) is 0 Å². The molecule has 2 atom stereocenters. The fraction of sp³-hybridized carbons (Fsp3) is 0.833. The monoisotopic (exact) mass is 366 g/mol. The number of hydrogen-bond donors (Lipinski definition) is 1. The summed E-state index contributed by atoms with van der Waals surface area (Å²) in [6.07, 6.45) is -7.29. The van der Waals surface area contributed by atoms with E-state index in [0.717, 1.165) is 0 Å². The summed E-state index contributed by atoms with van der Waals surface area (Å²) in [5, 5.41) is 9.06. The van der Waals surface area contributed by atoms with Crippen LogP contribution in [0.5, 0.6) is 0 Å². The van der Waals surface area contributed by atoms with Crippen LogP contribution in [0.3, 0.4) is 0 Å². The molecule has 2 unspecified atom stereocenters. The molecule has 0 heterocycles. The summed E-state index contributed by atoms with van der Waals surface area (Å²) in [6.45, 7) is 6.22. The Morgan fingerprint density at radius 3 is 1.83 bits per heavy atom. The number of carbonyl (C=O) groups excluding carboxylic acids is 1. The molecule has 0 amide bonds. The van der Waals surface area contributed by atoms with E-state index in [1.54, 1.807) is 0 Å². The minimum absolute atomic E-state index is 0.0893. The molecule has 0 aromatic carbocycles. The molecule has 0 spiro atoms. The standard InChI is InChI=1S/C12H19F5O5Si/c1-6-7(2)21-9(20)10(8(18)19,22-23(3,4)5)11(13,14)12(15,16)17/h7H,6H2,1-5H3,(H,18,19). The third-order valence-corrected chi connectivity index (χ3v) is 3.65. The normalized spacial score (nSPS) is 17.3. The fourth-order valence-corrected chi connectivity index (χ4v) is 2.72. The maximum Gasteiger partial charge on any atom is 0.457 e. The summed E-state index contributed by atoms with van der Waals surface area (Å²) < 4.78 is 75.2. The molecule has 0 fully saturated rings. The Morgan fingerprint density at radius 1 is 1.13 bits per heavy atom. The molecule has 136 valence electrons. The maximum absolute atomic E-state index is 13.9. The lowest BCUT2D eigenvalue weighted by Gasteiger charge is -2.39. The molecule has 0 bridgehead atoms. The van der Waals surface area contributed by atoms with E-state index in [1.165, 1.54) is 33.5 Å². The van der Waals surface area contributed by atoms with Crippen molar-refractivity contribution < 1.29 is 45.8 Å². The Hall–Kier alpha value is -1.23. The fourth-order valence-electron chi connectivity index (χ4n) is 1.51. The second-order valence-electron chi connectivity index (χ2n) is 5.90. The molecule has 0 aromatic heterocycles. The van der Waals surface area contributed by atoms with Gasteiger partial charge in [-0.15, -0.1) is 0 Å². The van der Waals surface area contributed by atoms with Crippen LogP contribution in [0.15, 0.2) is 0 Å². The number of halogens is 5. The van der Waals surface area contributed by atoms with Crippen molar-refractivity contribution in [1.82, 2.24) is 0 Å². The van der Waals surface area contributed by atoms with Gasteiger partial charge >= 0.3 is 29.6 Å². The molecule has 0 saturated carbocycles. The van der Waals surface area contributed by atoms with Crippen molar-refractivity contribution in [3.05, 3.63) is 0 Å². The third-order valence-electron chi connectivity index (χ3n) is 2.73. The summed E-state index contributed by atoms with van der Waals surface area (Å²) in [4.78, 5) is 23.3. The van der Waals surface area contributed by atoms with Gasteiger partial charge in [0.25, 0.3) is 0 Å². The number of esters is 1. The lowest BCUT2D eigenvalue weighted by atomic mass is 9.95. The van der Waals surface area contributed by atoms with E-state index in [4.69, 9.17) is 5.11 Å². The van der Waals surface area contributed by atoms with Crippen molar-refractivity contribution in [2.75, 3.05) is 0 Å². The van der Waals surface area contributed by atoms with Crippen LogP contribution >= 0.6 is 0 Å². The zero-order valence-corrected chi connectivity index (χ0v) is 14.3. The number of carbonyl (C=O) groups is 2. The predicted molar refractivity (Wildman–Crippen MR) is 71.6 cm³/mol. The number of carboxylic acid groups (broad SMARTS) is 1. The van der Waals surface area contributed by atoms with E-state index in [-0.39, 0.29) is 6.42 Å². The summed E-state index contributed by atoms with van der Waals surface area (Å²) in [6, 6.07) is 0. The second kappa shape index (κ2) is 6.71. The number of rotatable bonds is 7.